The molecule has 0 radical (unpaired) electrons. The van der Waals surface area contributed by atoms with Crippen LogP contribution in [0.2, 0.25) is 10.0 Å². The van der Waals surface area contributed by atoms with Crippen LogP contribution in [0.25, 0.3) is 11.3 Å². The zero-order valence-corrected chi connectivity index (χ0v) is 16.4. The molecule has 1 atom stereocenters. The van der Waals surface area contributed by atoms with Crippen LogP contribution < -0.4 is 10.1 Å². The summed E-state index contributed by atoms with van der Waals surface area (Å²) < 4.78 is 5.59. The number of hydrogen-bond donors (Lipinski definition) is 1. The molecule has 136 valence electrons. The fraction of sp³-hybridized carbons (Fsp3) is 0.105. The molecule has 0 aliphatic heterocycles. The van der Waals surface area contributed by atoms with Gasteiger partial charge >= 0.3 is 0 Å². The van der Waals surface area contributed by atoms with Gasteiger partial charge in [-0.1, -0.05) is 23.2 Å². The summed E-state index contributed by atoms with van der Waals surface area (Å²) in [7, 11) is 0. The monoisotopic (exact) mass is 417 g/mol. The van der Waals surface area contributed by atoms with Gasteiger partial charge in [0.15, 0.2) is 11.2 Å². The second-order valence-electron chi connectivity index (χ2n) is 5.55. The van der Waals surface area contributed by atoms with E-state index in [4.69, 9.17) is 33.2 Å². The maximum Gasteiger partial charge on any atom is 0.266 e. The van der Waals surface area contributed by atoms with Gasteiger partial charge < -0.3 is 4.74 Å². The second kappa shape index (κ2) is 8.40. The summed E-state index contributed by atoms with van der Waals surface area (Å²) in [5.41, 5.74) is 1.91. The van der Waals surface area contributed by atoms with Crippen molar-refractivity contribution in [3.05, 3.63) is 63.5 Å². The first kappa shape index (κ1) is 19.2. The van der Waals surface area contributed by atoms with E-state index in [-0.39, 0.29) is 5.91 Å². The first-order valence-corrected chi connectivity index (χ1v) is 9.48. The Labute approximate surface area is 170 Å². The largest absolute Gasteiger partial charge is 0.481 e. The van der Waals surface area contributed by atoms with Gasteiger partial charge in [0.1, 0.15) is 5.75 Å². The third kappa shape index (κ3) is 4.77. The van der Waals surface area contributed by atoms with Crippen molar-refractivity contribution in [3.63, 3.8) is 0 Å². The van der Waals surface area contributed by atoms with Gasteiger partial charge in [-0.2, -0.15) is 5.26 Å². The number of aromatic nitrogens is 1. The lowest BCUT2D eigenvalue weighted by atomic mass is 10.2. The highest BCUT2D eigenvalue weighted by Gasteiger charge is 2.17. The first-order valence-electron chi connectivity index (χ1n) is 7.85. The van der Waals surface area contributed by atoms with E-state index in [2.05, 4.69) is 10.3 Å². The summed E-state index contributed by atoms with van der Waals surface area (Å²) in [4.78, 5) is 16.7. The number of nitrogens with zero attached hydrogens (tertiary/aromatic N) is 2. The van der Waals surface area contributed by atoms with Crippen molar-refractivity contribution < 1.29 is 9.53 Å². The van der Waals surface area contributed by atoms with Gasteiger partial charge in [0.05, 0.1) is 22.3 Å². The van der Waals surface area contributed by atoms with E-state index in [1.165, 1.54) is 11.3 Å². The van der Waals surface area contributed by atoms with Gasteiger partial charge in [-0.3, -0.25) is 10.1 Å². The molecule has 2 aromatic carbocycles. The minimum Gasteiger partial charge on any atom is -0.481 e. The number of benzene rings is 2. The van der Waals surface area contributed by atoms with Crippen LogP contribution in [0, 0.1) is 11.3 Å². The van der Waals surface area contributed by atoms with Crippen LogP contribution in [0.4, 0.5) is 5.13 Å². The summed E-state index contributed by atoms with van der Waals surface area (Å²) in [6.07, 6.45) is -0.732. The van der Waals surface area contributed by atoms with E-state index < -0.39 is 6.10 Å². The number of carbonyl (C=O) groups is 1. The van der Waals surface area contributed by atoms with Gasteiger partial charge in [-0.25, -0.2) is 4.98 Å². The van der Waals surface area contributed by atoms with Crippen LogP contribution in [-0.2, 0) is 4.79 Å². The minimum absolute atomic E-state index is 0.331. The van der Waals surface area contributed by atoms with Gasteiger partial charge in [0.2, 0.25) is 0 Å². The number of rotatable bonds is 5. The Kier molecular flexibility index (Phi) is 5.97. The molecule has 3 rings (SSSR count). The zero-order chi connectivity index (χ0) is 19.4. The Morgan fingerprint density at radius 3 is 2.67 bits per heavy atom. The van der Waals surface area contributed by atoms with E-state index in [1.54, 1.807) is 54.8 Å². The van der Waals surface area contributed by atoms with E-state index in [9.17, 15) is 4.79 Å². The molecular formula is C19H13Cl2N3O2S. The molecular weight excluding hydrogens is 405 g/mol. The second-order valence-corrected chi connectivity index (χ2v) is 7.25. The van der Waals surface area contributed by atoms with Crippen molar-refractivity contribution in [2.24, 2.45) is 0 Å². The van der Waals surface area contributed by atoms with E-state index in [0.29, 0.717) is 32.2 Å². The molecule has 0 fully saturated rings. The van der Waals surface area contributed by atoms with Crippen LogP contribution in [0.15, 0.2) is 47.8 Å². The van der Waals surface area contributed by atoms with Crippen molar-refractivity contribution in [3.8, 4) is 23.1 Å². The molecule has 1 amide bonds. The minimum atomic E-state index is -0.732. The van der Waals surface area contributed by atoms with E-state index in [1.807, 2.05) is 6.07 Å². The van der Waals surface area contributed by atoms with Crippen molar-refractivity contribution in [1.82, 2.24) is 4.98 Å². The SMILES string of the molecule is CC(Oc1ccc(C#N)cc1)C(=O)Nc1nc(-c2ccc(Cl)cc2Cl)cs1. The van der Waals surface area contributed by atoms with E-state index >= 15 is 0 Å². The van der Waals surface area contributed by atoms with Crippen molar-refractivity contribution in [2.75, 3.05) is 5.32 Å². The normalized spacial score (nSPS) is 11.5. The molecule has 1 N–H and O–H groups in total. The Morgan fingerprint density at radius 2 is 2.00 bits per heavy atom. The molecule has 0 saturated heterocycles. The molecule has 5 nitrogen and oxygen atoms in total. The predicted molar refractivity (Wildman–Crippen MR) is 107 cm³/mol. The molecule has 27 heavy (non-hydrogen) atoms. The third-order valence-electron chi connectivity index (χ3n) is 3.61. The Bertz CT molecular complexity index is 1010. The van der Waals surface area contributed by atoms with Crippen LogP contribution in [0.5, 0.6) is 5.75 Å². The Hall–Kier alpha value is -2.59. The lowest BCUT2D eigenvalue weighted by molar-refractivity contribution is -0.122. The molecule has 0 aliphatic rings. The molecule has 8 heteroatoms. The van der Waals surface area contributed by atoms with Crippen molar-refractivity contribution in [2.45, 2.75) is 13.0 Å². The molecule has 1 aromatic heterocycles. The van der Waals surface area contributed by atoms with Crippen molar-refractivity contribution >= 4 is 45.6 Å². The van der Waals surface area contributed by atoms with Gasteiger partial charge in [-0.15, -0.1) is 11.3 Å². The quantitative estimate of drug-likeness (QED) is 0.603. The molecule has 3 aromatic rings. The maximum absolute atomic E-state index is 12.3. The number of amides is 1. The number of carbonyl (C=O) groups excluding carboxylic acids is 1. The maximum atomic E-state index is 12.3. The van der Waals surface area contributed by atoms with Gasteiger partial charge in [-0.05, 0) is 49.4 Å². The lowest BCUT2D eigenvalue weighted by Crippen LogP contribution is -2.30. The third-order valence-corrected chi connectivity index (χ3v) is 4.91. The average Bonchev–Trinajstić information content (AvgIpc) is 3.10. The fourth-order valence-electron chi connectivity index (χ4n) is 2.22. The number of ether oxygens (including phenoxy) is 1. The summed E-state index contributed by atoms with van der Waals surface area (Å²) >= 11 is 13.4. The summed E-state index contributed by atoms with van der Waals surface area (Å²) in [6.45, 7) is 1.64. The first-order chi connectivity index (χ1) is 13.0. The van der Waals surface area contributed by atoms with Crippen molar-refractivity contribution in [1.29, 1.82) is 5.26 Å². The number of nitrogens with one attached hydrogen (secondary N) is 1. The highest BCUT2D eigenvalue weighted by Crippen LogP contribution is 2.32. The van der Waals surface area contributed by atoms with Crippen LogP contribution in [0.3, 0.4) is 0 Å². The van der Waals surface area contributed by atoms with Crippen LogP contribution in [0.1, 0.15) is 12.5 Å². The van der Waals surface area contributed by atoms with Crippen LogP contribution >= 0.6 is 34.5 Å². The van der Waals surface area contributed by atoms with Crippen LogP contribution in [-0.4, -0.2) is 17.0 Å². The predicted octanol–water partition coefficient (Wildman–Crippen LogP) is 5.39. The lowest BCUT2D eigenvalue weighted by Gasteiger charge is -2.13. The smallest absolute Gasteiger partial charge is 0.266 e. The molecule has 0 spiro atoms. The Balaban J connectivity index is 1.65. The Morgan fingerprint density at radius 1 is 1.26 bits per heavy atom. The molecule has 1 heterocycles. The topological polar surface area (TPSA) is 75.0 Å². The zero-order valence-electron chi connectivity index (χ0n) is 14.1. The average molecular weight is 418 g/mol. The summed E-state index contributed by atoms with van der Waals surface area (Å²) in [6, 6.07) is 13.7. The summed E-state index contributed by atoms with van der Waals surface area (Å²) in [5.74, 6) is 0.173. The van der Waals surface area contributed by atoms with E-state index in [0.717, 1.165) is 5.56 Å². The molecule has 0 saturated carbocycles. The number of anilines is 1. The molecule has 0 bridgehead atoms. The highest BCUT2D eigenvalue weighted by molar-refractivity contribution is 7.14. The molecule has 0 aliphatic carbocycles. The fourth-order valence-corrected chi connectivity index (χ4v) is 3.44. The van der Waals surface area contributed by atoms with Gasteiger partial charge in [0, 0.05) is 16.0 Å². The molecule has 1 unspecified atom stereocenters. The highest BCUT2D eigenvalue weighted by atomic mass is 35.5. The number of thiazole rings is 1. The standard InChI is InChI=1S/C19H13Cl2N3O2S/c1-11(26-14-5-2-12(9-22)3-6-14)18(25)24-19-23-17(10-27-19)15-7-4-13(20)8-16(15)21/h2-8,10-11H,1H3,(H,23,24,25). The summed E-state index contributed by atoms with van der Waals surface area (Å²) in [5, 5.41) is 14.8. The number of nitriles is 1. The number of halogens is 2. The number of hydrogen-bond acceptors (Lipinski definition) is 5. The van der Waals surface area contributed by atoms with Gasteiger partial charge in [0.25, 0.3) is 5.91 Å².